The quantitative estimate of drug-likeness (QED) is 0.746. The summed E-state index contributed by atoms with van der Waals surface area (Å²) in [6.07, 6.45) is 6.52. The number of rotatable bonds is 6. The molecule has 0 radical (unpaired) electrons. The number of hydrogen-bond acceptors (Lipinski definition) is 4. The van der Waals surface area contributed by atoms with Gasteiger partial charge in [0.25, 0.3) is 0 Å². The van der Waals surface area contributed by atoms with E-state index in [0.717, 1.165) is 25.2 Å². The molecule has 1 heterocycles. The maximum atomic E-state index is 8.71. The van der Waals surface area contributed by atoms with Crippen LogP contribution in [-0.2, 0) is 13.1 Å². The first-order chi connectivity index (χ1) is 7.72. The Hall–Kier alpha value is -0.940. The van der Waals surface area contributed by atoms with E-state index in [1.54, 1.807) is 4.68 Å². The third-order valence-electron chi connectivity index (χ3n) is 3.28. The molecule has 0 unspecified atom stereocenters. The van der Waals surface area contributed by atoms with Gasteiger partial charge in [0.1, 0.15) is 0 Å². The van der Waals surface area contributed by atoms with Gasteiger partial charge < -0.3 is 10.4 Å². The van der Waals surface area contributed by atoms with Crippen molar-refractivity contribution in [1.29, 1.82) is 0 Å². The van der Waals surface area contributed by atoms with Crippen LogP contribution in [0.3, 0.4) is 0 Å². The second kappa shape index (κ2) is 4.93. The zero-order chi connectivity index (χ0) is 11.4. The molecule has 16 heavy (non-hydrogen) atoms. The molecule has 0 amide bonds. The fraction of sp³-hybridized carbons (Fsp3) is 0.818. The lowest BCUT2D eigenvalue weighted by molar-refractivity contribution is 0.206. The molecule has 5 nitrogen and oxygen atoms in total. The summed E-state index contributed by atoms with van der Waals surface area (Å²) in [6, 6.07) is 0. The van der Waals surface area contributed by atoms with Crippen molar-refractivity contribution in [2.45, 2.75) is 51.2 Å². The first-order valence-corrected chi connectivity index (χ1v) is 5.97. The fourth-order valence-electron chi connectivity index (χ4n) is 1.95. The average Bonchev–Trinajstić information content (AvgIpc) is 2.69. The van der Waals surface area contributed by atoms with Crippen LogP contribution in [0.25, 0.3) is 0 Å². The summed E-state index contributed by atoms with van der Waals surface area (Å²) < 4.78 is 1.79. The van der Waals surface area contributed by atoms with E-state index in [9.17, 15) is 0 Å². The molecule has 0 aromatic carbocycles. The number of aromatic nitrogens is 3. The van der Waals surface area contributed by atoms with Gasteiger partial charge in [0.05, 0.1) is 5.69 Å². The van der Waals surface area contributed by atoms with E-state index in [1.807, 2.05) is 6.20 Å². The van der Waals surface area contributed by atoms with Gasteiger partial charge in [-0.15, -0.1) is 5.10 Å². The van der Waals surface area contributed by atoms with Gasteiger partial charge in [-0.1, -0.05) is 5.21 Å². The van der Waals surface area contributed by atoms with Crippen molar-refractivity contribution < 1.29 is 5.11 Å². The van der Waals surface area contributed by atoms with Crippen LogP contribution in [-0.4, -0.2) is 32.2 Å². The van der Waals surface area contributed by atoms with Crippen molar-refractivity contribution in [2.75, 3.05) is 6.61 Å². The van der Waals surface area contributed by atoms with Gasteiger partial charge in [0.15, 0.2) is 0 Å². The van der Waals surface area contributed by atoms with Gasteiger partial charge in [-0.3, -0.25) is 4.68 Å². The highest BCUT2D eigenvalue weighted by Gasteiger charge is 2.30. The van der Waals surface area contributed by atoms with Crippen LogP contribution in [0.2, 0.25) is 0 Å². The molecule has 1 aliphatic rings. The Balaban J connectivity index is 1.78. The first kappa shape index (κ1) is 11.5. The molecule has 1 saturated carbocycles. The predicted octanol–water partition coefficient (Wildman–Crippen LogP) is 0.693. The Bertz CT molecular complexity index is 332. The Morgan fingerprint density at radius 2 is 2.38 bits per heavy atom. The second-order valence-electron chi connectivity index (χ2n) is 4.82. The topological polar surface area (TPSA) is 63.0 Å². The molecule has 0 aliphatic heterocycles. The highest BCUT2D eigenvalue weighted by Crippen LogP contribution is 2.30. The molecule has 2 N–H and O–H groups in total. The fourth-order valence-corrected chi connectivity index (χ4v) is 1.95. The molecule has 90 valence electrons. The Morgan fingerprint density at radius 1 is 1.56 bits per heavy atom. The van der Waals surface area contributed by atoms with Gasteiger partial charge in [0, 0.05) is 31.4 Å². The number of nitrogens with zero attached hydrogens (tertiary/aromatic N) is 3. The number of aliphatic hydroxyl groups excluding tert-OH is 1. The normalized spacial score (nSPS) is 18.4. The Labute approximate surface area is 95.8 Å². The molecular formula is C11H20N4O. The lowest BCUT2D eigenvalue weighted by atomic mass is 9.78. The minimum absolute atomic E-state index is 0.200. The minimum atomic E-state index is 0.200. The highest BCUT2D eigenvalue weighted by atomic mass is 16.3. The zero-order valence-electron chi connectivity index (χ0n) is 9.82. The van der Waals surface area contributed by atoms with Gasteiger partial charge >= 0.3 is 0 Å². The van der Waals surface area contributed by atoms with Crippen LogP contribution in [0.5, 0.6) is 0 Å². The third kappa shape index (κ3) is 2.80. The number of aliphatic hydroxyl groups is 1. The van der Waals surface area contributed by atoms with E-state index in [-0.39, 0.29) is 6.61 Å². The average molecular weight is 224 g/mol. The zero-order valence-corrected chi connectivity index (χ0v) is 9.82. The maximum Gasteiger partial charge on any atom is 0.0965 e. The SMILES string of the molecule is CC1(NCc2cn(CCCO)nn2)CCC1. The van der Waals surface area contributed by atoms with E-state index in [1.165, 1.54) is 19.3 Å². The van der Waals surface area contributed by atoms with Crippen molar-refractivity contribution in [3.63, 3.8) is 0 Å². The van der Waals surface area contributed by atoms with Crippen LogP contribution in [0, 0.1) is 0 Å². The predicted molar refractivity (Wildman–Crippen MR) is 60.8 cm³/mol. The number of nitrogens with one attached hydrogen (secondary N) is 1. The van der Waals surface area contributed by atoms with E-state index in [2.05, 4.69) is 22.6 Å². The van der Waals surface area contributed by atoms with Gasteiger partial charge in [-0.05, 0) is 32.6 Å². The van der Waals surface area contributed by atoms with Crippen molar-refractivity contribution in [2.24, 2.45) is 0 Å². The minimum Gasteiger partial charge on any atom is -0.396 e. The van der Waals surface area contributed by atoms with E-state index in [0.29, 0.717) is 5.54 Å². The molecule has 0 atom stereocenters. The summed E-state index contributed by atoms with van der Waals surface area (Å²) in [5, 5.41) is 20.3. The standard InChI is InChI=1S/C11H20N4O/c1-11(4-2-5-11)12-8-10-9-15(14-13-10)6-3-7-16/h9,12,16H,2-8H2,1H3. The molecule has 2 rings (SSSR count). The van der Waals surface area contributed by atoms with Crippen LogP contribution >= 0.6 is 0 Å². The lowest BCUT2D eigenvalue weighted by Gasteiger charge is -2.39. The van der Waals surface area contributed by atoms with Gasteiger partial charge in [-0.25, -0.2) is 0 Å². The summed E-state index contributed by atoms with van der Waals surface area (Å²) in [7, 11) is 0. The van der Waals surface area contributed by atoms with Crippen LogP contribution in [0.4, 0.5) is 0 Å². The molecule has 1 aliphatic carbocycles. The Morgan fingerprint density at radius 3 is 3.00 bits per heavy atom. The van der Waals surface area contributed by atoms with Gasteiger partial charge in [0.2, 0.25) is 0 Å². The third-order valence-corrected chi connectivity index (χ3v) is 3.28. The van der Waals surface area contributed by atoms with Crippen molar-refractivity contribution in [3.8, 4) is 0 Å². The highest BCUT2D eigenvalue weighted by molar-refractivity contribution is 4.97. The second-order valence-corrected chi connectivity index (χ2v) is 4.82. The monoisotopic (exact) mass is 224 g/mol. The summed E-state index contributed by atoms with van der Waals surface area (Å²) in [5.74, 6) is 0. The molecule has 0 bridgehead atoms. The van der Waals surface area contributed by atoms with E-state index in [4.69, 9.17) is 5.11 Å². The van der Waals surface area contributed by atoms with Crippen LogP contribution in [0.15, 0.2) is 6.20 Å². The molecule has 1 fully saturated rings. The van der Waals surface area contributed by atoms with E-state index >= 15 is 0 Å². The molecule has 5 heteroatoms. The Kier molecular flexibility index (Phi) is 3.56. The molecule has 1 aromatic heterocycles. The summed E-state index contributed by atoms with van der Waals surface area (Å²) >= 11 is 0. The molecule has 0 spiro atoms. The summed E-state index contributed by atoms with van der Waals surface area (Å²) in [6.45, 7) is 3.98. The van der Waals surface area contributed by atoms with Crippen LogP contribution in [0.1, 0.15) is 38.3 Å². The molecule has 0 saturated heterocycles. The number of aryl methyl sites for hydroxylation is 1. The molecule has 1 aromatic rings. The summed E-state index contributed by atoms with van der Waals surface area (Å²) in [4.78, 5) is 0. The van der Waals surface area contributed by atoms with Crippen molar-refractivity contribution >= 4 is 0 Å². The smallest absolute Gasteiger partial charge is 0.0965 e. The van der Waals surface area contributed by atoms with Crippen molar-refractivity contribution in [3.05, 3.63) is 11.9 Å². The van der Waals surface area contributed by atoms with Crippen LogP contribution < -0.4 is 5.32 Å². The first-order valence-electron chi connectivity index (χ1n) is 5.97. The largest absolute Gasteiger partial charge is 0.396 e. The maximum absolute atomic E-state index is 8.71. The van der Waals surface area contributed by atoms with E-state index < -0.39 is 0 Å². The van der Waals surface area contributed by atoms with Gasteiger partial charge in [-0.2, -0.15) is 0 Å². The van der Waals surface area contributed by atoms with Crippen molar-refractivity contribution in [1.82, 2.24) is 20.3 Å². The number of hydrogen-bond donors (Lipinski definition) is 2. The molecular weight excluding hydrogens is 204 g/mol. The summed E-state index contributed by atoms with van der Waals surface area (Å²) in [5.41, 5.74) is 1.29. The lowest BCUT2D eigenvalue weighted by Crippen LogP contribution is -2.47.